The quantitative estimate of drug-likeness (QED) is 0.442. The predicted molar refractivity (Wildman–Crippen MR) is 16.5 cm³/mol. The van der Waals surface area contributed by atoms with Crippen LogP contribution in [0.4, 0.5) is 0 Å². The Morgan fingerprint density at radius 1 is 1.14 bits per heavy atom. The van der Waals surface area contributed by atoms with Gasteiger partial charge in [0.25, 0.3) is 0 Å². The Bertz CT molecular complexity index is 94.9. The molecule has 7 heavy (non-hydrogen) atoms. The molecule has 0 saturated heterocycles. The fourth-order valence-corrected chi connectivity index (χ4v) is 0. The first-order valence-electron chi connectivity index (χ1n) is 0.667. The zero-order valence-corrected chi connectivity index (χ0v) is 7.50. The fourth-order valence-electron chi connectivity index (χ4n) is 0. The van der Waals surface area contributed by atoms with Crippen molar-refractivity contribution >= 4 is 10.4 Å². The smallest absolute Gasteiger partial charge is 0.759 e. The second-order valence-corrected chi connectivity index (χ2v) is 1.22. The van der Waals surface area contributed by atoms with E-state index in [0.717, 1.165) is 0 Å². The predicted octanol–water partition coefficient (Wildman–Crippen LogP) is -0.962. The first-order valence-corrected chi connectivity index (χ1v) is 2.00. The van der Waals surface area contributed by atoms with Gasteiger partial charge in [-0.25, -0.2) is 0 Å². The van der Waals surface area contributed by atoms with Crippen LogP contribution in [0.5, 0.6) is 0 Å². The number of hydrogen-bond acceptors (Lipinski definition) is 4. The summed E-state index contributed by atoms with van der Waals surface area (Å²) in [5.41, 5.74) is 0. The van der Waals surface area contributed by atoms with E-state index in [1.807, 2.05) is 0 Å². The Kier molecular flexibility index (Phi) is 12.0. The summed E-state index contributed by atoms with van der Waals surface area (Å²) in [6.45, 7) is 0. The molecule has 0 unspecified atom stereocenters. The average molecular weight is 254 g/mol. The molecule has 0 bridgehead atoms. The number of hydrogen-bond donors (Lipinski definition) is 1. The Morgan fingerprint density at radius 2 is 1.14 bits per heavy atom. The van der Waals surface area contributed by atoms with Crippen molar-refractivity contribution in [2.24, 2.45) is 0 Å². The van der Waals surface area contributed by atoms with Gasteiger partial charge in [-0.2, -0.15) is 0 Å². The molecule has 0 aliphatic heterocycles. The molecular weight excluding hydrogens is 250 g/mol. The Balaban J connectivity index is -0.0000000800. The van der Waals surface area contributed by atoms with E-state index < -0.39 is 10.4 Å². The molecule has 0 aliphatic carbocycles. The van der Waals surface area contributed by atoms with Gasteiger partial charge in [0, 0.05) is 10.4 Å². The van der Waals surface area contributed by atoms with Gasteiger partial charge in [0.05, 0.1) is 0 Å². The molecule has 0 fully saturated rings. The minimum atomic E-state index is -5.17. The summed E-state index contributed by atoms with van der Waals surface area (Å²) in [6.07, 6.45) is 0. The summed E-state index contributed by atoms with van der Waals surface area (Å²) < 4.78 is 34.1. The second-order valence-electron chi connectivity index (χ2n) is 0.408. The molecule has 0 saturated carbocycles. The van der Waals surface area contributed by atoms with Gasteiger partial charge in [0.1, 0.15) is 0 Å². The van der Waals surface area contributed by atoms with E-state index in [1.165, 1.54) is 0 Å². The van der Waals surface area contributed by atoms with Crippen LogP contribution in [0.3, 0.4) is 0 Å². The average Bonchev–Trinajstić information content (AvgIpc) is 0.722. The first-order chi connectivity index (χ1) is 2.00. The maximum Gasteiger partial charge on any atom is 3.00 e. The van der Waals surface area contributed by atoms with Crippen LogP contribution >= 0.6 is 0 Å². The van der Waals surface area contributed by atoms with Crippen molar-refractivity contribution in [1.82, 2.24) is 6.15 Å². The van der Waals surface area contributed by atoms with E-state index in [1.54, 1.807) is 0 Å². The van der Waals surface area contributed by atoms with E-state index in [9.17, 15) is 0 Å². The Hall–Kier alpha value is 1.21. The molecule has 0 heterocycles. The summed E-state index contributed by atoms with van der Waals surface area (Å²) in [7, 11) is -5.17. The van der Waals surface area contributed by atoms with E-state index in [2.05, 4.69) is 0 Å². The van der Waals surface area contributed by atoms with E-state index in [0.29, 0.717) is 0 Å². The molecule has 4 N–H and O–H groups in total. The molecule has 0 aromatic heterocycles. The van der Waals surface area contributed by atoms with Crippen LogP contribution in [0.25, 0.3) is 0 Å². The Morgan fingerprint density at radius 3 is 1.14 bits per heavy atom. The van der Waals surface area contributed by atoms with Crippen LogP contribution in [-0.2, 0) is 10.4 Å². The Labute approximate surface area is 75.0 Å². The molecule has 0 atom stereocenters. The molecule has 5 nitrogen and oxygen atoms in total. The van der Waals surface area contributed by atoms with Crippen molar-refractivity contribution in [2.75, 3.05) is 0 Å². The molecule has 0 spiro atoms. The maximum absolute atomic E-state index is 8.52. The van der Waals surface area contributed by atoms with Gasteiger partial charge >= 0.3 is 41.7 Å². The maximum atomic E-state index is 8.52. The van der Waals surface area contributed by atoms with Crippen molar-refractivity contribution in [2.45, 2.75) is 0 Å². The molecule has 0 rings (SSSR count). The molecule has 0 amide bonds. The summed E-state index contributed by atoms with van der Waals surface area (Å²) in [4.78, 5) is 0. The van der Waals surface area contributed by atoms with Crippen LogP contribution in [0.1, 0.15) is 0 Å². The van der Waals surface area contributed by atoms with E-state index in [-0.39, 0.29) is 47.9 Å². The molecule has 0 aliphatic rings. The minimum Gasteiger partial charge on any atom is -0.759 e. The summed E-state index contributed by atoms with van der Waals surface area (Å²) in [5, 5.41) is 0. The van der Waals surface area contributed by atoms with E-state index >= 15 is 0 Å². The normalized spacial score (nSPS) is 8.29. The fraction of sp³-hybridized carbons (Fsp3) is 0. The SMILES string of the molecule is O=S(=O)([O-])[O-].[Ce+3].[NH4+]. The zero-order valence-electron chi connectivity index (χ0n) is 3.54. The standard InChI is InChI=1S/Ce.H3N.H2O4S/c;;1-5(2,3)4/h;1H3;(H2,1,2,3,4)/q+3;;/p-1. The van der Waals surface area contributed by atoms with Crippen LogP contribution in [-0.4, -0.2) is 17.5 Å². The van der Waals surface area contributed by atoms with Gasteiger partial charge in [0.15, 0.2) is 0 Å². The molecule has 0 aromatic rings. The number of rotatable bonds is 0. The van der Waals surface area contributed by atoms with Gasteiger partial charge in [-0.1, -0.05) is 0 Å². The first kappa shape index (κ1) is 15.7. The van der Waals surface area contributed by atoms with Gasteiger partial charge in [-0.05, 0) is 0 Å². The molecular formula is H4CeNO4S+2. The molecule has 0 aromatic carbocycles. The van der Waals surface area contributed by atoms with Crippen LogP contribution < -0.4 is 6.15 Å². The molecule has 41 valence electrons. The third-order valence-electron chi connectivity index (χ3n) is 0. The van der Waals surface area contributed by atoms with Crippen LogP contribution in [0, 0.1) is 41.7 Å². The molecule has 7 heteroatoms. The largest absolute Gasteiger partial charge is 3.00 e. The summed E-state index contributed by atoms with van der Waals surface area (Å²) >= 11 is 0. The van der Waals surface area contributed by atoms with Crippen molar-refractivity contribution in [3.63, 3.8) is 0 Å². The minimum absolute atomic E-state index is 0. The molecule has 1 radical (unpaired) electrons. The van der Waals surface area contributed by atoms with Gasteiger partial charge in [0.2, 0.25) is 0 Å². The van der Waals surface area contributed by atoms with Crippen LogP contribution in [0.2, 0.25) is 0 Å². The van der Waals surface area contributed by atoms with Gasteiger partial charge < -0.3 is 15.3 Å². The van der Waals surface area contributed by atoms with Crippen LogP contribution in [0.15, 0.2) is 0 Å². The van der Waals surface area contributed by atoms with Gasteiger partial charge in [-0.3, -0.25) is 8.42 Å². The monoisotopic (exact) mass is 254 g/mol. The van der Waals surface area contributed by atoms with Gasteiger partial charge in [-0.15, -0.1) is 0 Å². The van der Waals surface area contributed by atoms with Crippen molar-refractivity contribution in [3.8, 4) is 0 Å². The second kappa shape index (κ2) is 5.35. The summed E-state index contributed by atoms with van der Waals surface area (Å²) in [5.74, 6) is 0. The third-order valence-corrected chi connectivity index (χ3v) is 0. The van der Waals surface area contributed by atoms with Crippen molar-refractivity contribution < 1.29 is 59.3 Å². The summed E-state index contributed by atoms with van der Waals surface area (Å²) in [6, 6.07) is 0. The van der Waals surface area contributed by atoms with Crippen molar-refractivity contribution in [1.29, 1.82) is 0 Å². The number of quaternary nitrogens is 1. The topological polar surface area (TPSA) is 117 Å². The van der Waals surface area contributed by atoms with Crippen molar-refractivity contribution in [3.05, 3.63) is 0 Å². The van der Waals surface area contributed by atoms with E-state index in [4.69, 9.17) is 17.5 Å². The third kappa shape index (κ3) is 134. The zero-order chi connectivity index (χ0) is 4.50.